The zero-order chi connectivity index (χ0) is 19.8. The molecule has 0 aromatic heterocycles. The van der Waals surface area contributed by atoms with Gasteiger partial charge in [0.1, 0.15) is 0 Å². The lowest BCUT2D eigenvalue weighted by Gasteiger charge is -2.21. The molecule has 0 unspecified atom stereocenters. The van der Waals surface area contributed by atoms with E-state index in [1.54, 1.807) is 21.1 Å². The predicted molar refractivity (Wildman–Crippen MR) is 100 cm³/mol. The van der Waals surface area contributed by atoms with Crippen molar-refractivity contribution in [2.45, 2.75) is 51.4 Å². The van der Waals surface area contributed by atoms with E-state index in [-0.39, 0.29) is 12.0 Å². The first-order chi connectivity index (χ1) is 12.4. The fourth-order valence-electron chi connectivity index (χ4n) is 2.30. The molecule has 0 fully saturated rings. The number of hydrogen-bond donors (Lipinski definition) is 1. The van der Waals surface area contributed by atoms with Crippen LogP contribution < -0.4 is 5.32 Å². The Balaban J connectivity index is 3.53. The van der Waals surface area contributed by atoms with Gasteiger partial charge in [-0.2, -0.15) is 0 Å². The lowest BCUT2D eigenvalue weighted by atomic mass is 10.1. The Kier molecular flexibility index (Phi) is 14.1. The lowest BCUT2D eigenvalue weighted by molar-refractivity contribution is -0.120. The maximum Gasteiger partial charge on any atom is 0.409 e. The van der Waals surface area contributed by atoms with Gasteiger partial charge in [0.05, 0.1) is 13.7 Å². The van der Waals surface area contributed by atoms with Crippen LogP contribution in [-0.4, -0.2) is 75.8 Å². The van der Waals surface area contributed by atoms with E-state index in [9.17, 15) is 14.4 Å². The predicted octanol–water partition coefficient (Wildman–Crippen LogP) is 2.62. The fraction of sp³-hybridized carbons (Fsp3) is 0.833. The third-order valence-electron chi connectivity index (χ3n) is 4.12. The third kappa shape index (κ3) is 12.4. The molecule has 26 heavy (non-hydrogen) atoms. The monoisotopic (exact) mass is 373 g/mol. The van der Waals surface area contributed by atoms with E-state index in [1.807, 2.05) is 0 Å². The van der Waals surface area contributed by atoms with E-state index in [1.165, 1.54) is 16.9 Å². The molecule has 0 aliphatic heterocycles. The van der Waals surface area contributed by atoms with Crippen LogP contribution in [0.2, 0.25) is 0 Å². The second-order valence-corrected chi connectivity index (χ2v) is 6.33. The van der Waals surface area contributed by atoms with E-state index in [2.05, 4.69) is 10.1 Å². The van der Waals surface area contributed by atoms with Gasteiger partial charge in [0.2, 0.25) is 5.91 Å². The van der Waals surface area contributed by atoms with Gasteiger partial charge in [0.15, 0.2) is 0 Å². The third-order valence-corrected chi connectivity index (χ3v) is 4.12. The first-order valence-electron chi connectivity index (χ1n) is 9.30. The van der Waals surface area contributed by atoms with Crippen LogP contribution in [0.15, 0.2) is 0 Å². The Morgan fingerprint density at radius 1 is 0.808 bits per heavy atom. The second-order valence-electron chi connectivity index (χ2n) is 6.33. The maximum atomic E-state index is 11.8. The molecule has 0 aromatic carbocycles. The number of likely N-dealkylation sites (N-methyl/N-ethyl adjacent to an activating group) is 2. The summed E-state index contributed by atoms with van der Waals surface area (Å²) in [5, 5.41) is 2.62. The van der Waals surface area contributed by atoms with Crippen molar-refractivity contribution in [3.05, 3.63) is 0 Å². The number of nitrogens with one attached hydrogen (secondary N) is 1. The molecule has 0 atom stereocenters. The van der Waals surface area contributed by atoms with Gasteiger partial charge >= 0.3 is 12.2 Å². The topological polar surface area (TPSA) is 88.2 Å². The minimum absolute atomic E-state index is 0.105. The summed E-state index contributed by atoms with van der Waals surface area (Å²) in [5.74, 6) is 0.105. The number of nitrogens with zero attached hydrogens (tertiary/aromatic N) is 2. The summed E-state index contributed by atoms with van der Waals surface area (Å²) in [6.45, 7) is 1.19. The number of carbonyl (C=O) groups excluding carboxylic acids is 3. The van der Waals surface area contributed by atoms with Crippen molar-refractivity contribution >= 4 is 18.1 Å². The highest BCUT2D eigenvalue weighted by Crippen LogP contribution is 2.09. The van der Waals surface area contributed by atoms with E-state index < -0.39 is 6.09 Å². The molecule has 152 valence electrons. The van der Waals surface area contributed by atoms with Crippen molar-refractivity contribution in [3.8, 4) is 0 Å². The molecule has 0 rings (SSSR count). The van der Waals surface area contributed by atoms with Crippen LogP contribution in [0.4, 0.5) is 9.59 Å². The van der Waals surface area contributed by atoms with Gasteiger partial charge < -0.3 is 24.6 Å². The molecule has 0 aromatic rings. The molecule has 0 aliphatic rings. The normalized spacial score (nSPS) is 10.2. The molecule has 8 nitrogen and oxygen atoms in total. The number of carbonyl (C=O) groups is 3. The van der Waals surface area contributed by atoms with Crippen LogP contribution in [0.25, 0.3) is 0 Å². The second kappa shape index (κ2) is 15.3. The van der Waals surface area contributed by atoms with Gasteiger partial charge in [-0.15, -0.1) is 0 Å². The molecule has 8 heteroatoms. The molecule has 0 radical (unpaired) electrons. The number of methoxy groups -OCH3 is 1. The van der Waals surface area contributed by atoms with Gasteiger partial charge in [-0.25, -0.2) is 9.59 Å². The minimum atomic E-state index is -0.430. The van der Waals surface area contributed by atoms with Gasteiger partial charge in [-0.05, 0) is 12.8 Å². The number of amides is 3. The maximum absolute atomic E-state index is 11.8. The first-order valence-corrected chi connectivity index (χ1v) is 9.30. The molecular formula is C18H35N3O5. The summed E-state index contributed by atoms with van der Waals surface area (Å²) >= 11 is 0. The van der Waals surface area contributed by atoms with E-state index in [0.717, 1.165) is 44.9 Å². The Morgan fingerprint density at radius 2 is 1.31 bits per heavy atom. The van der Waals surface area contributed by atoms with Crippen molar-refractivity contribution < 1.29 is 23.9 Å². The molecule has 0 saturated heterocycles. The quantitative estimate of drug-likeness (QED) is 0.501. The Hall–Kier alpha value is -1.99. The molecule has 0 heterocycles. The average Bonchev–Trinajstić information content (AvgIpc) is 2.65. The molecule has 0 aliphatic carbocycles. The van der Waals surface area contributed by atoms with Crippen molar-refractivity contribution in [2.75, 3.05) is 47.9 Å². The Labute approximate surface area is 157 Å². The van der Waals surface area contributed by atoms with Crippen molar-refractivity contribution in [1.29, 1.82) is 0 Å². The Morgan fingerprint density at radius 3 is 1.85 bits per heavy atom. The summed E-state index contributed by atoms with van der Waals surface area (Å²) in [7, 11) is 6.24. The summed E-state index contributed by atoms with van der Waals surface area (Å²) in [6.07, 6.45) is 7.07. The summed E-state index contributed by atoms with van der Waals surface area (Å²) in [5.41, 5.74) is 0. The zero-order valence-electron chi connectivity index (χ0n) is 16.7. The molecular weight excluding hydrogens is 338 g/mol. The van der Waals surface area contributed by atoms with Crippen LogP contribution in [0.3, 0.4) is 0 Å². The zero-order valence-corrected chi connectivity index (χ0v) is 16.7. The van der Waals surface area contributed by atoms with Crippen LogP contribution in [-0.2, 0) is 14.3 Å². The average molecular weight is 373 g/mol. The van der Waals surface area contributed by atoms with Crippen LogP contribution >= 0.6 is 0 Å². The fourth-order valence-corrected chi connectivity index (χ4v) is 2.30. The van der Waals surface area contributed by atoms with Crippen molar-refractivity contribution in [3.63, 3.8) is 0 Å². The largest absolute Gasteiger partial charge is 0.453 e. The standard InChI is InChI=1S/C18H35N3O5/c1-19-16(22)12-10-8-6-5-7-9-11-15-26-18(24)21(3)14-13-20(2)17(23)25-4/h5-15H2,1-4H3,(H,19,22). The van der Waals surface area contributed by atoms with E-state index in [4.69, 9.17) is 4.74 Å². The molecule has 3 amide bonds. The Bertz CT molecular complexity index is 418. The van der Waals surface area contributed by atoms with Gasteiger partial charge in [0, 0.05) is 40.7 Å². The molecule has 0 spiro atoms. The number of rotatable bonds is 13. The minimum Gasteiger partial charge on any atom is -0.453 e. The smallest absolute Gasteiger partial charge is 0.409 e. The van der Waals surface area contributed by atoms with Crippen LogP contribution in [0, 0.1) is 0 Å². The molecule has 0 saturated carbocycles. The number of ether oxygens (including phenoxy) is 2. The van der Waals surface area contributed by atoms with Crippen molar-refractivity contribution in [1.82, 2.24) is 15.1 Å². The van der Waals surface area contributed by atoms with E-state index >= 15 is 0 Å². The van der Waals surface area contributed by atoms with Crippen molar-refractivity contribution in [2.24, 2.45) is 0 Å². The summed E-state index contributed by atoms with van der Waals surface area (Å²) < 4.78 is 9.80. The highest BCUT2D eigenvalue weighted by atomic mass is 16.6. The highest BCUT2D eigenvalue weighted by molar-refractivity contribution is 5.75. The van der Waals surface area contributed by atoms with Gasteiger partial charge in [0.25, 0.3) is 0 Å². The number of hydrogen-bond acceptors (Lipinski definition) is 5. The number of unbranched alkanes of at least 4 members (excludes halogenated alkanes) is 6. The lowest BCUT2D eigenvalue weighted by Crippen LogP contribution is -2.37. The highest BCUT2D eigenvalue weighted by Gasteiger charge is 2.13. The van der Waals surface area contributed by atoms with Gasteiger partial charge in [-0.3, -0.25) is 4.79 Å². The van der Waals surface area contributed by atoms with E-state index in [0.29, 0.717) is 26.1 Å². The van der Waals surface area contributed by atoms with Gasteiger partial charge in [-0.1, -0.05) is 32.1 Å². The summed E-state index contributed by atoms with van der Waals surface area (Å²) in [6, 6.07) is 0. The SMILES string of the molecule is CNC(=O)CCCCCCCCCOC(=O)N(C)CCN(C)C(=O)OC. The van der Waals surface area contributed by atoms with Crippen LogP contribution in [0.1, 0.15) is 51.4 Å². The summed E-state index contributed by atoms with van der Waals surface area (Å²) in [4.78, 5) is 37.0. The van der Waals surface area contributed by atoms with Crippen LogP contribution in [0.5, 0.6) is 0 Å². The first kappa shape index (κ1) is 24.0. The molecule has 1 N–H and O–H groups in total. The molecule has 0 bridgehead atoms.